The fourth-order valence-electron chi connectivity index (χ4n) is 2.05. The smallest absolute Gasteiger partial charge is 0.150 e. The Morgan fingerprint density at radius 3 is 2.53 bits per heavy atom. The molecule has 0 aliphatic rings. The van der Waals surface area contributed by atoms with Crippen molar-refractivity contribution in [1.82, 2.24) is 4.98 Å². The first-order valence-electron chi connectivity index (χ1n) is 6.13. The Kier molecular flexibility index (Phi) is 2.80. The number of ether oxygens (including phenoxy) is 1. The molecule has 0 atom stereocenters. The van der Waals surface area contributed by atoms with Crippen molar-refractivity contribution in [2.24, 2.45) is 0 Å². The summed E-state index contributed by atoms with van der Waals surface area (Å²) in [6, 6.07) is 17.3. The Labute approximate surface area is 111 Å². The van der Waals surface area contributed by atoms with Gasteiger partial charge in [0.05, 0.1) is 11.2 Å². The summed E-state index contributed by atoms with van der Waals surface area (Å²) in [5, 5.41) is 0.983. The van der Waals surface area contributed by atoms with E-state index in [2.05, 4.69) is 4.98 Å². The third-order valence-electron chi connectivity index (χ3n) is 2.95. The lowest BCUT2D eigenvalue weighted by Crippen LogP contribution is -1.94. The van der Waals surface area contributed by atoms with E-state index in [1.807, 2.05) is 61.5 Å². The van der Waals surface area contributed by atoms with Crippen LogP contribution in [0.15, 0.2) is 54.6 Å². The van der Waals surface area contributed by atoms with Crippen molar-refractivity contribution < 1.29 is 4.74 Å². The average Bonchev–Trinajstić information content (AvgIpc) is 2.41. The SMILES string of the molecule is Cc1cc(Oc2ccccc2N)c2ccccc2n1. The third-order valence-corrected chi connectivity index (χ3v) is 2.95. The second kappa shape index (κ2) is 4.61. The van der Waals surface area contributed by atoms with Crippen LogP contribution in [0.2, 0.25) is 0 Å². The fourth-order valence-corrected chi connectivity index (χ4v) is 2.05. The lowest BCUT2D eigenvalue weighted by molar-refractivity contribution is 0.490. The third kappa shape index (κ3) is 2.22. The van der Waals surface area contributed by atoms with Gasteiger partial charge in [0.2, 0.25) is 0 Å². The first-order chi connectivity index (χ1) is 9.24. The van der Waals surface area contributed by atoms with Crippen molar-refractivity contribution in [2.75, 3.05) is 5.73 Å². The lowest BCUT2D eigenvalue weighted by Gasteiger charge is -2.11. The van der Waals surface area contributed by atoms with E-state index in [9.17, 15) is 0 Å². The van der Waals surface area contributed by atoms with Gasteiger partial charge >= 0.3 is 0 Å². The zero-order valence-electron chi connectivity index (χ0n) is 10.6. The van der Waals surface area contributed by atoms with Gasteiger partial charge in [-0.25, -0.2) is 0 Å². The first-order valence-corrected chi connectivity index (χ1v) is 6.13. The van der Waals surface area contributed by atoms with Gasteiger partial charge in [-0.3, -0.25) is 4.98 Å². The predicted molar refractivity (Wildman–Crippen MR) is 77.4 cm³/mol. The Morgan fingerprint density at radius 2 is 1.68 bits per heavy atom. The highest BCUT2D eigenvalue weighted by atomic mass is 16.5. The maximum atomic E-state index is 5.94. The predicted octanol–water partition coefficient (Wildman–Crippen LogP) is 3.92. The van der Waals surface area contributed by atoms with Crippen LogP contribution in [-0.2, 0) is 0 Å². The van der Waals surface area contributed by atoms with Gasteiger partial charge in [-0.05, 0) is 31.2 Å². The number of fused-ring (bicyclic) bond motifs is 1. The van der Waals surface area contributed by atoms with E-state index < -0.39 is 0 Å². The van der Waals surface area contributed by atoms with E-state index in [4.69, 9.17) is 10.5 Å². The van der Waals surface area contributed by atoms with E-state index >= 15 is 0 Å². The normalized spacial score (nSPS) is 10.6. The number of hydrogen-bond donors (Lipinski definition) is 1. The number of nitrogens with two attached hydrogens (primary N) is 1. The first kappa shape index (κ1) is 11.5. The molecule has 2 N–H and O–H groups in total. The molecule has 94 valence electrons. The number of rotatable bonds is 2. The molecule has 0 spiro atoms. The van der Waals surface area contributed by atoms with E-state index in [1.165, 1.54) is 0 Å². The minimum Gasteiger partial charge on any atom is -0.454 e. The van der Waals surface area contributed by atoms with Crippen LogP contribution < -0.4 is 10.5 Å². The molecule has 3 heteroatoms. The highest BCUT2D eigenvalue weighted by Crippen LogP contribution is 2.32. The average molecular weight is 250 g/mol. The Bertz CT molecular complexity index is 738. The van der Waals surface area contributed by atoms with Gasteiger partial charge in [-0.2, -0.15) is 0 Å². The van der Waals surface area contributed by atoms with Gasteiger partial charge in [-0.15, -0.1) is 0 Å². The molecular weight excluding hydrogens is 236 g/mol. The molecule has 0 saturated carbocycles. The molecule has 0 aliphatic carbocycles. The van der Waals surface area contributed by atoms with E-state index in [-0.39, 0.29) is 0 Å². The molecule has 0 unspecified atom stereocenters. The largest absolute Gasteiger partial charge is 0.454 e. The van der Waals surface area contributed by atoms with Gasteiger partial charge in [0.25, 0.3) is 0 Å². The number of aromatic nitrogens is 1. The molecular formula is C16H14N2O. The van der Waals surface area contributed by atoms with Crippen molar-refractivity contribution in [3.05, 3.63) is 60.3 Å². The van der Waals surface area contributed by atoms with E-state index in [1.54, 1.807) is 0 Å². The minimum atomic E-state index is 0.626. The summed E-state index contributed by atoms with van der Waals surface area (Å²) in [5.74, 6) is 1.44. The Balaban J connectivity index is 2.13. The molecule has 0 saturated heterocycles. The van der Waals surface area contributed by atoms with Crippen molar-refractivity contribution in [3.8, 4) is 11.5 Å². The number of nitrogens with zero attached hydrogens (tertiary/aromatic N) is 1. The molecule has 0 amide bonds. The fraction of sp³-hybridized carbons (Fsp3) is 0.0625. The highest BCUT2D eigenvalue weighted by Gasteiger charge is 2.07. The molecule has 3 nitrogen and oxygen atoms in total. The molecule has 1 heterocycles. The van der Waals surface area contributed by atoms with Crippen molar-refractivity contribution >= 4 is 16.6 Å². The van der Waals surface area contributed by atoms with Crippen molar-refractivity contribution in [1.29, 1.82) is 0 Å². The zero-order chi connectivity index (χ0) is 13.2. The lowest BCUT2D eigenvalue weighted by atomic mass is 10.2. The monoisotopic (exact) mass is 250 g/mol. The molecule has 0 aliphatic heterocycles. The van der Waals surface area contributed by atoms with Crippen LogP contribution in [0, 0.1) is 6.92 Å². The summed E-state index contributed by atoms with van der Waals surface area (Å²) in [4.78, 5) is 4.49. The second-order valence-corrected chi connectivity index (χ2v) is 4.42. The molecule has 1 aromatic heterocycles. The number of hydrogen-bond acceptors (Lipinski definition) is 3. The molecule has 2 aromatic carbocycles. The summed E-state index contributed by atoms with van der Waals surface area (Å²) >= 11 is 0. The topological polar surface area (TPSA) is 48.1 Å². The summed E-state index contributed by atoms with van der Waals surface area (Å²) in [6.45, 7) is 1.95. The van der Waals surface area contributed by atoms with Crippen LogP contribution in [0.4, 0.5) is 5.69 Å². The minimum absolute atomic E-state index is 0.626. The highest BCUT2D eigenvalue weighted by molar-refractivity contribution is 5.85. The number of nitrogen functional groups attached to an aromatic ring is 1. The standard InChI is InChI=1S/C16H14N2O/c1-11-10-16(12-6-2-4-8-14(12)18-11)19-15-9-5-3-7-13(15)17/h2-10H,17H2,1H3. The van der Waals surface area contributed by atoms with Gasteiger partial charge in [-0.1, -0.05) is 24.3 Å². The Hall–Kier alpha value is -2.55. The van der Waals surface area contributed by atoms with E-state index in [0.29, 0.717) is 11.4 Å². The van der Waals surface area contributed by atoms with Crippen LogP contribution in [0.1, 0.15) is 5.69 Å². The zero-order valence-corrected chi connectivity index (χ0v) is 10.6. The molecule has 0 radical (unpaired) electrons. The van der Waals surface area contributed by atoms with E-state index in [0.717, 1.165) is 22.3 Å². The molecule has 0 bridgehead atoms. The van der Waals surface area contributed by atoms with Gasteiger partial charge in [0, 0.05) is 17.1 Å². The van der Waals surface area contributed by atoms with Gasteiger partial charge in [0.1, 0.15) is 11.5 Å². The molecule has 0 fully saturated rings. The van der Waals surface area contributed by atoms with Gasteiger partial charge in [0.15, 0.2) is 0 Å². The van der Waals surface area contributed by atoms with Crippen molar-refractivity contribution in [2.45, 2.75) is 6.92 Å². The maximum Gasteiger partial charge on any atom is 0.150 e. The van der Waals surface area contributed by atoms with Crippen LogP contribution in [-0.4, -0.2) is 4.98 Å². The quantitative estimate of drug-likeness (QED) is 0.701. The molecule has 3 aromatic rings. The van der Waals surface area contributed by atoms with Crippen molar-refractivity contribution in [3.63, 3.8) is 0 Å². The number of pyridine rings is 1. The number of benzene rings is 2. The number of para-hydroxylation sites is 3. The molecule has 3 rings (SSSR count). The number of anilines is 1. The van der Waals surface area contributed by atoms with Crippen LogP contribution in [0.3, 0.4) is 0 Å². The van der Waals surface area contributed by atoms with Gasteiger partial charge < -0.3 is 10.5 Å². The summed E-state index contributed by atoms with van der Waals surface area (Å²) < 4.78 is 5.94. The van der Waals surface area contributed by atoms with Crippen LogP contribution in [0.5, 0.6) is 11.5 Å². The number of aryl methyl sites for hydroxylation is 1. The second-order valence-electron chi connectivity index (χ2n) is 4.42. The van der Waals surface area contributed by atoms with Crippen LogP contribution >= 0.6 is 0 Å². The Morgan fingerprint density at radius 1 is 0.947 bits per heavy atom. The summed E-state index contributed by atoms with van der Waals surface area (Å²) in [6.07, 6.45) is 0. The maximum absolute atomic E-state index is 5.94. The summed E-state index contributed by atoms with van der Waals surface area (Å²) in [5.41, 5.74) is 8.38. The van der Waals surface area contributed by atoms with Crippen LogP contribution in [0.25, 0.3) is 10.9 Å². The summed E-state index contributed by atoms with van der Waals surface area (Å²) in [7, 11) is 0. The molecule has 19 heavy (non-hydrogen) atoms.